The molecule has 0 aliphatic carbocycles. The van der Waals surface area contributed by atoms with Gasteiger partial charge in [0.05, 0.1) is 6.42 Å². The molecule has 0 aromatic heterocycles. The van der Waals surface area contributed by atoms with E-state index in [2.05, 4.69) is 13.2 Å². The van der Waals surface area contributed by atoms with Crippen LogP contribution in [0.5, 0.6) is 0 Å². The second kappa shape index (κ2) is 7.81. The molecule has 0 aliphatic rings. The Kier molecular flexibility index (Phi) is 7.17. The predicted octanol–water partition coefficient (Wildman–Crippen LogP) is 1.28. The van der Waals surface area contributed by atoms with Crippen LogP contribution in [-0.4, -0.2) is 34.7 Å². The number of ether oxygens (including phenoxy) is 2. The van der Waals surface area contributed by atoms with E-state index in [4.69, 9.17) is 14.6 Å². The molecular weight excluding hydrogens is 264 g/mol. The van der Waals surface area contributed by atoms with Gasteiger partial charge in [-0.2, -0.15) is 0 Å². The first-order chi connectivity index (χ1) is 9.11. The normalized spacial score (nSPS) is 12.4. The molecule has 20 heavy (non-hydrogen) atoms. The van der Waals surface area contributed by atoms with Gasteiger partial charge in [0.1, 0.15) is 0 Å². The zero-order valence-electron chi connectivity index (χ0n) is 12.1. The number of hydrogen-bond donors (Lipinski definition) is 2. The Bertz CT molecular complexity index is 370. The quantitative estimate of drug-likeness (QED) is 0.396. The van der Waals surface area contributed by atoms with E-state index in [0.717, 1.165) is 0 Å². The van der Waals surface area contributed by atoms with Crippen LogP contribution in [0.1, 0.15) is 33.6 Å². The topological polar surface area (TPSA) is 93.1 Å². The molecule has 0 rings (SSSR count). The van der Waals surface area contributed by atoms with Gasteiger partial charge < -0.3 is 19.7 Å². The Labute approximate surface area is 118 Å². The smallest absolute Gasteiger partial charge is 0.373 e. The van der Waals surface area contributed by atoms with Crippen LogP contribution < -0.4 is 0 Å². The molecule has 2 N–H and O–H groups in total. The fourth-order valence-corrected chi connectivity index (χ4v) is 1.33. The average molecular weight is 286 g/mol. The SMILES string of the molecule is C=C(C)C(=O)OC(O)(CC(C)CCO)OC(=O)C(=C)C. The largest absolute Gasteiger partial charge is 0.396 e. The summed E-state index contributed by atoms with van der Waals surface area (Å²) in [4.78, 5) is 23.0. The van der Waals surface area contributed by atoms with E-state index in [-0.39, 0.29) is 30.1 Å². The molecule has 0 saturated carbocycles. The third-order valence-electron chi connectivity index (χ3n) is 2.43. The monoisotopic (exact) mass is 286 g/mol. The number of aliphatic hydroxyl groups is 2. The van der Waals surface area contributed by atoms with Crippen LogP contribution in [0, 0.1) is 5.92 Å². The number of carbonyl (C=O) groups excluding carboxylic acids is 2. The number of esters is 2. The lowest BCUT2D eigenvalue weighted by Gasteiger charge is -2.29. The molecule has 0 heterocycles. The second-order valence-electron chi connectivity index (χ2n) is 4.87. The second-order valence-corrected chi connectivity index (χ2v) is 4.87. The molecule has 114 valence electrons. The first-order valence-corrected chi connectivity index (χ1v) is 6.22. The van der Waals surface area contributed by atoms with Crippen molar-refractivity contribution in [3.8, 4) is 0 Å². The summed E-state index contributed by atoms with van der Waals surface area (Å²) >= 11 is 0. The Balaban J connectivity index is 5.01. The minimum atomic E-state index is -2.40. The van der Waals surface area contributed by atoms with Crippen LogP contribution in [0.25, 0.3) is 0 Å². The van der Waals surface area contributed by atoms with Crippen LogP contribution in [0.4, 0.5) is 0 Å². The summed E-state index contributed by atoms with van der Waals surface area (Å²) in [6, 6.07) is 0. The molecule has 0 radical (unpaired) electrons. The molecule has 0 saturated heterocycles. The van der Waals surface area contributed by atoms with Gasteiger partial charge in [-0.05, 0) is 26.2 Å². The summed E-state index contributed by atoms with van der Waals surface area (Å²) in [6.07, 6.45) is 0.198. The summed E-state index contributed by atoms with van der Waals surface area (Å²) in [5, 5.41) is 19.0. The van der Waals surface area contributed by atoms with Crippen molar-refractivity contribution in [2.24, 2.45) is 5.92 Å². The molecule has 0 fully saturated rings. The summed E-state index contributed by atoms with van der Waals surface area (Å²) in [5.41, 5.74) is 0.120. The summed E-state index contributed by atoms with van der Waals surface area (Å²) in [5.74, 6) is -4.39. The maximum atomic E-state index is 11.5. The molecule has 0 aromatic rings. The highest BCUT2D eigenvalue weighted by atomic mass is 16.8. The minimum Gasteiger partial charge on any atom is -0.396 e. The van der Waals surface area contributed by atoms with Crippen molar-refractivity contribution in [1.82, 2.24) is 0 Å². The van der Waals surface area contributed by atoms with Crippen molar-refractivity contribution in [3.05, 3.63) is 24.3 Å². The van der Waals surface area contributed by atoms with Gasteiger partial charge in [-0.15, -0.1) is 0 Å². The van der Waals surface area contributed by atoms with Crippen LogP contribution in [0.3, 0.4) is 0 Å². The fourth-order valence-electron chi connectivity index (χ4n) is 1.33. The zero-order valence-corrected chi connectivity index (χ0v) is 12.1. The molecule has 1 unspecified atom stereocenters. The maximum Gasteiger partial charge on any atom is 0.373 e. The molecule has 1 atom stereocenters. The first kappa shape index (κ1) is 18.3. The predicted molar refractivity (Wildman–Crippen MR) is 72.2 cm³/mol. The summed E-state index contributed by atoms with van der Waals surface area (Å²) < 4.78 is 9.58. The van der Waals surface area contributed by atoms with Crippen molar-refractivity contribution in [2.75, 3.05) is 6.61 Å². The van der Waals surface area contributed by atoms with Gasteiger partial charge in [0.25, 0.3) is 0 Å². The van der Waals surface area contributed by atoms with Gasteiger partial charge in [-0.25, -0.2) is 9.59 Å². The van der Waals surface area contributed by atoms with Gasteiger partial charge in [0, 0.05) is 17.8 Å². The van der Waals surface area contributed by atoms with E-state index in [0.29, 0.717) is 6.42 Å². The Morgan fingerprint density at radius 1 is 1.15 bits per heavy atom. The van der Waals surface area contributed by atoms with E-state index in [9.17, 15) is 14.7 Å². The van der Waals surface area contributed by atoms with Crippen LogP contribution >= 0.6 is 0 Å². The highest BCUT2D eigenvalue weighted by Crippen LogP contribution is 2.24. The zero-order chi connectivity index (χ0) is 15.9. The minimum absolute atomic E-state index is 0.0598. The summed E-state index contributed by atoms with van der Waals surface area (Å²) in [6.45, 7) is 11.2. The molecule has 6 nitrogen and oxygen atoms in total. The third-order valence-corrected chi connectivity index (χ3v) is 2.43. The van der Waals surface area contributed by atoms with E-state index in [1.807, 2.05) is 0 Å². The van der Waals surface area contributed by atoms with Crippen molar-refractivity contribution in [1.29, 1.82) is 0 Å². The van der Waals surface area contributed by atoms with Crippen molar-refractivity contribution in [3.63, 3.8) is 0 Å². The molecular formula is C14H22O6. The number of carbonyl (C=O) groups is 2. The van der Waals surface area contributed by atoms with Gasteiger partial charge in [-0.3, -0.25) is 0 Å². The third kappa shape index (κ3) is 6.49. The molecule has 0 amide bonds. The van der Waals surface area contributed by atoms with Gasteiger partial charge in [-0.1, -0.05) is 20.1 Å². The lowest BCUT2D eigenvalue weighted by atomic mass is 10.0. The van der Waals surface area contributed by atoms with Crippen molar-refractivity contribution < 1.29 is 29.3 Å². The van der Waals surface area contributed by atoms with E-state index in [1.54, 1.807) is 6.92 Å². The van der Waals surface area contributed by atoms with Gasteiger partial charge in [0.2, 0.25) is 0 Å². The standard InChI is InChI=1S/C14H22O6/c1-9(2)12(16)19-14(18,8-11(5)6-7-15)20-13(17)10(3)4/h11,15,18H,1,3,6-8H2,2,4-5H3. The molecule has 6 heteroatoms. The highest BCUT2D eigenvalue weighted by molar-refractivity contribution is 5.88. The van der Waals surface area contributed by atoms with Crippen molar-refractivity contribution in [2.45, 2.75) is 39.6 Å². The van der Waals surface area contributed by atoms with Gasteiger partial charge >= 0.3 is 17.9 Å². The Hall–Kier alpha value is -1.66. The number of rotatable bonds is 8. The lowest BCUT2D eigenvalue weighted by Crippen LogP contribution is -2.42. The average Bonchev–Trinajstić information content (AvgIpc) is 2.27. The van der Waals surface area contributed by atoms with E-state index in [1.165, 1.54) is 13.8 Å². The van der Waals surface area contributed by atoms with Gasteiger partial charge in [0.15, 0.2) is 0 Å². The summed E-state index contributed by atoms with van der Waals surface area (Å²) in [7, 11) is 0. The maximum absolute atomic E-state index is 11.5. The van der Waals surface area contributed by atoms with Crippen LogP contribution in [0.2, 0.25) is 0 Å². The molecule has 0 aliphatic heterocycles. The van der Waals surface area contributed by atoms with E-state index >= 15 is 0 Å². The van der Waals surface area contributed by atoms with E-state index < -0.39 is 17.9 Å². The highest BCUT2D eigenvalue weighted by Gasteiger charge is 2.38. The molecule has 0 spiro atoms. The number of hydrogen-bond acceptors (Lipinski definition) is 6. The first-order valence-electron chi connectivity index (χ1n) is 6.22. The Morgan fingerprint density at radius 2 is 1.55 bits per heavy atom. The number of aliphatic hydroxyl groups excluding tert-OH is 1. The van der Waals surface area contributed by atoms with Crippen LogP contribution in [-0.2, 0) is 19.1 Å². The Morgan fingerprint density at radius 3 is 1.85 bits per heavy atom. The fraction of sp³-hybridized carbons (Fsp3) is 0.571. The lowest BCUT2D eigenvalue weighted by molar-refractivity contribution is -0.328. The van der Waals surface area contributed by atoms with Crippen molar-refractivity contribution >= 4 is 11.9 Å². The molecule has 0 aromatic carbocycles. The van der Waals surface area contributed by atoms with Crippen LogP contribution in [0.15, 0.2) is 24.3 Å². The molecule has 0 bridgehead atoms.